The first-order valence-electron chi connectivity index (χ1n) is 5.97. The Labute approximate surface area is 106 Å². The van der Waals surface area contributed by atoms with Gasteiger partial charge in [-0.25, -0.2) is 0 Å². The van der Waals surface area contributed by atoms with Crippen LogP contribution in [0.5, 0.6) is 0 Å². The monoisotopic (exact) mass is 240 g/mol. The Kier molecular flexibility index (Phi) is 3.77. The molecule has 0 aliphatic carbocycles. The van der Waals surface area contributed by atoms with Crippen molar-refractivity contribution in [1.29, 1.82) is 0 Å². The molecular formula is C14H16N4. The van der Waals surface area contributed by atoms with Gasteiger partial charge in [0.05, 0.1) is 11.9 Å². The SMILES string of the molecule is CC(=CC(C)C)N=Nc1nncc2ccccc12. The van der Waals surface area contributed by atoms with Crippen molar-refractivity contribution in [2.45, 2.75) is 20.8 Å². The first-order chi connectivity index (χ1) is 8.66. The van der Waals surface area contributed by atoms with E-state index in [0.717, 1.165) is 16.5 Å². The second-order valence-corrected chi connectivity index (χ2v) is 4.51. The van der Waals surface area contributed by atoms with Crippen molar-refractivity contribution < 1.29 is 0 Å². The third kappa shape index (κ3) is 2.97. The molecule has 92 valence electrons. The summed E-state index contributed by atoms with van der Waals surface area (Å²) < 4.78 is 0. The molecule has 0 saturated heterocycles. The Hall–Kier alpha value is -2.10. The van der Waals surface area contributed by atoms with E-state index >= 15 is 0 Å². The predicted octanol–water partition coefficient (Wildman–Crippen LogP) is 4.27. The lowest BCUT2D eigenvalue weighted by Crippen LogP contribution is -1.83. The van der Waals surface area contributed by atoms with Crippen LogP contribution in [0.3, 0.4) is 0 Å². The molecule has 1 aromatic carbocycles. The van der Waals surface area contributed by atoms with Gasteiger partial charge in [0.25, 0.3) is 0 Å². The minimum atomic E-state index is 0.461. The summed E-state index contributed by atoms with van der Waals surface area (Å²) in [6.45, 7) is 6.15. The summed E-state index contributed by atoms with van der Waals surface area (Å²) in [6, 6.07) is 7.88. The minimum absolute atomic E-state index is 0.461. The number of azo groups is 1. The number of hydrogen-bond donors (Lipinski definition) is 0. The lowest BCUT2D eigenvalue weighted by atomic mass is 10.2. The van der Waals surface area contributed by atoms with Gasteiger partial charge < -0.3 is 0 Å². The summed E-state index contributed by atoms with van der Waals surface area (Å²) in [4.78, 5) is 0. The van der Waals surface area contributed by atoms with Gasteiger partial charge in [0.2, 0.25) is 5.82 Å². The fraction of sp³-hybridized carbons (Fsp3) is 0.286. The molecule has 2 aromatic rings. The van der Waals surface area contributed by atoms with Crippen molar-refractivity contribution in [2.75, 3.05) is 0 Å². The maximum Gasteiger partial charge on any atom is 0.204 e. The molecule has 0 fully saturated rings. The smallest absolute Gasteiger partial charge is 0.156 e. The standard InChI is InChI=1S/C14H16N4/c1-10(2)8-11(3)16-18-14-13-7-5-4-6-12(13)9-15-17-14/h4-10H,1-3H3. The molecule has 0 spiro atoms. The summed E-state index contributed by atoms with van der Waals surface area (Å²) in [6.07, 6.45) is 3.78. The molecule has 0 saturated carbocycles. The first-order valence-corrected chi connectivity index (χ1v) is 5.97. The second-order valence-electron chi connectivity index (χ2n) is 4.51. The molecule has 0 aliphatic heterocycles. The molecule has 0 atom stereocenters. The second kappa shape index (κ2) is 5.49. The van der Waals surface area contributed by atoms with Crippen LogP contribution >= 0.6 is 0 Å². The molecule has 18 heavy (non-hydrogen) atoms. The third-order valence-corrected chi connectivity index (χ3v) is 2.43. The van der Waals surface area contributed by atoms with Gasteiger partial charge in [-0.05, 0) is 12.8 Å². The zero-order valence-electron chi connectivity index (χ0n) is 10.8. The maximum atomic E-state index is 4.17. The van der Waals surface area contributed by atoms with Crippen molar-refractivity contribution in [2.24, 2.45) is 16.1 Å². The average molecular weight is 240 g/mol. The summed E-state index contributed by atoms with van der Waals surface area (Å²) in [5, 5.41) is 18.3. The normalized spacial score (nSPS) is 12.8. The van der Waals surface area contributed by atoms with Gasteiger partial charge in [0.15, 0.2) is 0 Å². The molecule has 4 heteroatoms. The fourth-order valence-electron chi connectivity index (χ4n) is 1.73. The lowest BCUT2D eigenvalue weighted by Gasteiger charge is -1.99. The molecule has 0 radical (unpaired) electrons. The Morgan fingerprint density at radius 3 is 2.83 bits per heavy atom. The van der Waals surface area contributed by atoms with Crippen LogP contribution in [0.4, 0.5) is 5.82 Å². The van der Waals surface area contributed by atoms with Crippen LogP contribution in [0.25, 0.3) is 10.8 Å². The van der Waals surface area contributed by atoms with Gasteiger partial charge in [-0.2, -0.15) is 10.2 Å². The van der Waals surface area contributed by atoms with Crippen molar-refractivity contribution in [3.63, 3.8) is 0 Å². The molecule has 0 N–H and O–H groups in total. The van der Waals surface area contributed by atoms with E-state index in [9.17, 15) is 0 Å². The number of benzene rings is 1. The number of rotatable bonds is 3. The summed E-state index contributed by atoms with van der Waals surface area (Å²) in [5.41, 5.74) is 0.889. The molecule has 0 amide bonds. The molecule has 2 rings (SSSR count). The number of fused-ring (bicyclic) bond motifs is 1. The first kappa shape index (κ1) is 12.4. The highest BCUT2D eigenvalue weighted by Crippen LogP contribution is 2.22. The Bertz CT molecular complexity index is 594. The number of nitrogens with zero attached hydrogens (tertiary/aromatic N) is 4. The highest BCUT2D eigenvalue weighted by molar-refractivity contribution is 5.89. The van der Waals surface area contributed by atoms with Crippen LogP contribution < -0.4 is 0 Å². The molecule has 0 unspecified atom stereocenters. The number of hydrogen-bond acceptors (Lipinski definition) is 4. The van der Waals surface area contributed by atoms with E-state index in [1.54, 1.807) is 6.20 Å². The van der Waals surface area contributed by atoms with E-state index in [-0.39, 0.29) is 0 Å². The zero-order chi connectivity index (χ0) is 13.0. The Morgan fingerprint density at radius 1 is 1.28 bits per heavy atom. The van der Waals surface area contributed by atoms with Crippen molar-refractivity contribution in [3.8, 4) is 0 Å². The summed E-state index contributed by atoms with van der Waals surface area (Å²) in [7, 11) is 0. The van der Waals surface area contributed by atoms with Crippen LogP contribution in [0, 0.1) is 5.92 Å². The molecule has 0 bridgehead atoms. The van der Waals surface area contributed by atoms with Gasteiger partial charge in [0, 0.05) is 10.8 Å². The van der Waals surface area contributed by atoms with Gasteiger partial charge >= 0.3 is 0 Å². The van der Waals surface area contributed by atoms with Crippen LogP contribution in [0.15, 0.2) is 52.5 Å². The maximum absolute atomic E-state index is 4.17. The van der Waals surface area contributed by atoms with Crippen molar-refractivity contribution in [3.05, 3.63) is 42.2 Å². The van der Waals surface area contributed by atoms with Gasteiger partial charge in [-0.3, -0.25) is 0 Å². The van der Waals surface area contributed by atoms with Crippen LogP contribution in [-0.2, 0) is 0 Å². The predicted molar refractivity (Wildman–Crippen MR) is 72.6 cm³/mol. The van der Waals surface area contributed by atoms with Crippen LogP contribution in [-0.4, -0.2) is 10.2 Å². The number of aromatic nitrogens is 2. The molecular weight excluding hydrogens is 224 g/mol. The Morgan fingerprint density at radius 2 is 2.06 bits per heavy atom. The highest BCUT2D eigenvalue weighted by Gasteiger charge is 2.01. The molecule has 4 nitrogen and oxygen atoms in total. The average Bonchev–Trinajstić information content (AvgIpc) is 2.35. The number of allylic oxidation sites excluding steroid dienone is 2. The van der Waals surface area contributed by atoms with Crippen molar-refractivity contribution in [1.82, 2.24) is 10.2 Å². The van der Waals surface area contributed by atoms with E-state index in [1.807, 2.05) is 31.2 Å². The topological polar surface area (TPSA) is 50.5 Å². The van der Waals surface area contributed by atoms with Gasteiger partial charge in [-0.15, -0.1) is 10.2 Å². The Balaban J connectivity index is 2.35. The molecule has 1 aromatic heterocycles. The van der Waals surface area contributed by atoms with Gasteiger partial charge in [-0.1, -0.05) is 44.2 Å². The van der Waals surface area contributed by atoms with Crippen LogP contribution in [0.1, 0.15) is 20.8 Å². The third-order valence-electron chi connectivity index (χ3n) is 2.43. The van der Waals surface area contributed by atoms with E-state index in [0.29, 0.717) is 11.7 Å². The van der Waals surface area contributed by atoms with E-state index in [2.05, 4.69) is 40.3 Å². The summed E-state index contributed by atoms with van der Waals surface area (Å²) >= 11 is 0. The lowest BCUT2D eigenvalue weighted by molar-refractivity contribution is 0.815. The van der Waals surface area contributed by atoms with Crippen LogP contribution in [0.2, 0.25) is 0 Å². The quantitative estimate of drug-likeness (QED) is 0.752. The molecule has 0 aliphatic rings. The van der Waals surface area contributed by atoms with E-state index < -0.39 is 0 Å². The van der Waals surface area contributed by atoms with E-state index in [1.165, 1.54) is 0 Å². The fourth-order valence-corrected chi connectivity index (χ4v) is 1.73. The van der Waals surface area contributed by atoms with E-state index in [4.69, 9.17) is 0 Å². The van der Waals surface area contributed by atoms with Gasteiger partial charge in [0.1, 0.15) is 0 Å². The highest BCUT2D eigenvalue weighted by atomic mass is 15.2. The summed E-state index contributed by atoms with van der Waals surface area (Å²) in [5.74, 6) is 1.02. The van der Waals surface area contributed by atoms with Crippen molar-refractivity contribution >= 4 is 16.6 Å². The molecule has 1 heterocycles. The minimum Gasteiger partial charge on any atom is -0.156 e. The largest absolute Gasteiger partial charge is 0.204 e. The zero-order valence-corrected chi connectivity index (χ0v) is 10.8.